The summed E-state index contributed by atoms with van der Waals surface area (Å²) in [6.45, 7) is 1.19. The summed E-state index contributed by atoms with van der Waals surface area (Å²) in [5.41, 5.74) is 2.04. The highest BCUT2D eigenvalue weighted by Gasteiger charge is 2.19. The van der Waals surface area contributed by atoms with Gasteiger partial charge in [-0.25, -0.2) is 9.18 Å². The zero-order chi connectivity index (χ0) is 11.8. The van der Waals surface area contributed by atoms with Crippen LogP contribution in [0.3, 0.4) is 0 Å². The highest BCUT2D eigenvalue weighted by molar-refractivity contribution is 5.64. The molecule has 2 N–H and O–H groups in total. The van der Waals surface area contributed by atoms with E-state index in [2.05, 4.69) is 15.3 Å². The molecule has 0 saturated heterocycles. The Morgan fingerprint density at radius 1 is 1.24 bits per heavy atom. The number of hydrogen-bond donors (Lipinski definition) is 2. The molecule has 17 heavy (non-hydrogen) atoms. The molecule has 86 valence electrons. The highest BCUT2D eigenvalue weighted by atomic mass is 19.1. The molecular formula is C12H10FN3O. The summed E-state index contributed by atoms with van der Waals surface area (Å²) in [7, 11) is 0. The van der Waals surface area contributed by atoms with Crippen LogP contribution in [0.15, 0.2) is 29.1 Å². The van der Waals surface area contributed by atoms with Crippen LogP contribution in [0.25, 0.3) is 11.3 Å². The number of benzene rings is 1. The van der Waals surface area contributed by atoms with Gasteiger partial charge in [0, 0.05) is 29.9 Å². The summed E-state index contributed by atoms with van der Waals surface area (Å²) in [6, 6.07) is 6.35. The molecule has 0 spiro atoms. The molecule has 0 unspecified atom stereocenters. The third kappa shape index (κ3) is 1.64. The summed E-state index contributed by atoms with van der Waals surface area (Å²) < 4.78 is 13.7. The van der Waals surface area contributed by atoms with Gasteiger partial charge >= 0.3 is 5.69 Å². The Balaban J connectivity index is 2.29. The van der Waals surface area contributed by atoms with E-state index in [1.165, 1.54) is 6.07 Å². The SMILES string of the molecule is O=c1nc(-c2ccccc2F)c2c([nH]1)CNC2. The Hall–Kier alpha value is -2.01. The minimum atomic E-state index is -0.439. The van der Waals surface area contributed by atoms with Crippen LogP contribution in [0.1, 0.15) is 11.3 Å². The van der Waals surface area contributed by atoms with E-state index >= 15 is 0 Å². The first-order valence-electron chi connectivity index (χ1n) is 5.33. The maximum Gasteiger partial charge on any atom is 0.345 e. The van der Waals surface area contributed by atoms with Crippen molar-refractivity contribution in [1.82, 2.24) is 15.3 Å². The van der Waals surface area contributed by atoms with Crippen LogP contribution < -0.4 is 11.0 Å². The van der Waals surface area contributed by atoms with Crippen molar-refractivity contribution in [3.8, 4) is 11.3 Å². The molecule has 0 saturated carbocycles. The summed E-state index contributed by atoms with van der Waals surface area (Å²) in [5, 5.41) is 3.11. The van der Waals surface area contributed by atoms with E-state index in [4.69, 9.17) is 0 Å². The fraction of sp³-hybridized carbons (Fsp3) is 0.167. The van der Waals surface area contributed by atoms with Gasteiger partial charge in [0.2, 0.25) is 0 Å². The molecule has 1 aliphatic rings. The van der Waals surface area contributed by atoms with Crippen LogP contribution in [0.5, 0.6) is 0 Å². The van der Waals surface area contributed by atoms with Gasteiger partial charge in [-0.05, 0) is 12.1 Å². The molecule has 1 aromatic heterocycles. The lowest BCUT2D eigenvalue weighted by atomic mass is 10.1. The quantitative estimate of drug-likeness (QED) is 0.774. The van der Waals surface area contributed by atoms with Crippen LogP contribution in [-0.2, 0) is 13.1 Å². The molecule has 0 atom stereocenters. The smallest absolute Gasteiger partial charge is 0.308 e. The average Bonchev–Trinajstić information content (AvgIpc) is 2.76. The number of nitrogens with one attached hydrogen (secondary N) is 2. The molecule has 3 rings (SSSR count). The van der Waals surface area contributed by atoms with Gasteiger partial charge in [0.05, 0.1) is 5.69 Å². The Kier molecular flexibility index (Phi) is 2.26. The molecular weight excluding hydrogens is 221 g/mol. The van der Waals surface area contributed by atoms with Crippen LogP contribution in [-0.4, -0.2) is 9.97 Å². The summed E-state index contributed by atoms with van der Waals surface area (Å²) >= 11 is 0. The summed E-state index contributed by atoms with van der Waals surface area (Å²) in [5.74, 6) is -0.361. The standard InChI is InChI=1S/C12H10FN3O/c13-9-4-2-1-3-7(9)11-8-5-14-6-10(8)15-12(17)16-11/h1-4,14H,5-6H2,(H,15,16,17). The minimum Gasteiger partial charge on any atom is -0.308 e. The number of halogens is 1. The number of H-pyrrole nitrogens is 1. The second-order valence-corrected chi connectivity index (χ2v) is 3.93. The fourth-order valence-electron chi connectivity index (χ4n) is 2.07. The highest BCUT2D eigenvalue weighted by Crippen LogP contribution is 2.26. The number of fused-ring (bicyclic) bond motifs is 1. The monoisotopic (exact) mass is 231 g/mol. The first kappa shape index (κ1) is 10.2. The lowest BCUT2D eigenvalue weighted by Crippen LogP contribution is -2.15. The first-order chi connectivity index (χ1) is 8.25. The van der Waals surface area contributed by atoms with Crippen molar-refractivity contribution in [3.05, 3.63) is 51.8 Å². The van der Waals surface area contributed by atoms with E-state index in [9.17, 15) is 9.18 Å². The van der Waals surface area contributed by atoms with Crippen molar-refractivity contribution >= 4 is 0 Å². The second kappa shape index (κ2) is 3.78. The van der Waals surface area contributed by atoms with E-state index in [0.29, 0.717) is 24.3 Å². The molecule has 2 heterocycles. The van der Waals surface area contributed by atoms with Gasteiger partial charge in [0.1, 0.15) is 5.82 Å². The van der Waals surface area contributed by atoms with Crippen molar-refractivity contribution in [3.63, 3.8) is 0 Å². The lowest BCUT2D eigenvalue weighted by Gasteiger charge is -2.06. The molecule has 2 aromatic rings. The van der Waals surface area contributed by atoms with Crippen molar-refractivity contribution in [2.24, 2.45) is 0 Å². The first-order valence-corrected chi connectivity index (χ1v) is 5.33. The maximum absolute atomic E-state index is 13.7. The van der Waals surface area contributed by atoms with E-state index in [1.54, 1.807) is 18.2 Å². The van der Waals surface area contributed by atoms with E-state index in [-0.39, 0.29) is 5.82 Å². The molecule has 1 aliphatic heterocycles. The van der Waals surface area contributed by atoms with Gasteiger partial charge in [0.15, 0.2) is 0 Å². The van der Waals surface area contributed by atoms with Gasteiger partial charge in [-0.15, -0.1) is 0 Å². The zero-order valence-electron chi connectivity index (χ0n) is 8.96. The average molecular weight is 231 g/mol. The molecule has 0 aliphatic carbocycles. The maximum atomic E-state index is 13.7. The number of aromatic nitrogens is 2. The van der Waals surface area contributed by atoms with Crippen molar-refractivity contribution < 1.29 is 4.39 Å². The van der Waals surface area contributed by atoms with Crippen LogP contribution in [0, 0.1) is 5.82 Å². The number of nitrogens with zero attached hydrogens (tertiary/aromatic N) is 1. The molecule has 1 aromatic carbocycles. The normalized spacial score (nSPS) is 13.7. The van der Waals surface area contributed by atoms with Crippen LogP contribution in [0.4, 0.5) is 4.39 Å². The molecule has 0 radical (unpaired) electrons. The molecule has 0 amide bonds. The van der Waals surface area contributed by atoms with Crippen molar-refractivity contribution in [1.29, 1.82) is 0 Å². The van der Waals surface area contributed by atoms with E-state index < -0.39 is 5.69 Å². The zero-order valence-corrected chi connectivity index (χ0v) is 8.96. The fourth-order valence-corrected chi connectivity index (χ4v) is 2.07. The third-order valence-electron chi connectivity index (χ3n) is 2.85. The van der Waals surface area contributed by atoms with Gasteiger partial charge < -0.3 is 10.3 Å². The Morgan fingerprint density at radius 3 is 2.88 bits per heavy atom. The predicted octanol–water partition coefficient (Wildman–Crippen LogP) is 1.18. The van der Waals surface area contributed by atoms with Gasteiger partial charge in [-0.3, -0.25) is 0 Å². The van der Waals surface area contributed by atoms with Gasteiger partial charge in [0.25, 0.3) is 0 Å². The molecule has 4 nitrogen and oxygen atoms in total. The number of rotatable bonds is 1. The van der Waals surface area contributed by atoms with Gasteiger partial charge in [-0.2, -0.15) is 4.98 Å². The van der Waals surface area contributed by atoms with Crippen molar-refractivity contribution in [2.75, 3.05) is 0 Å². The molecule has 0 bridgehead atoms. The Morgan fingerprint density at radius 2 is 2.06 bits per heavy atom. The number of hydrogen-bond acceptors (Lipinski definition) is 3. The van der Waals surface area contributed by atoms with E-state index in [0.717, 1.165) is 11.3 Å². The predicted molar refractivity (Wildman–Crippen MR) is 60.8 cm³/mol. The van der Waals surface area contributed by atoms with Gasteiger partial charge in [-0.1, -0.05) is 12.1 Å². The minimum absolute atomic E-state index is 0.361. The van der Waals surface area contributed by atoms with Crippen LogP contribution in [0.2, 0.25) is 0 Å². The lowest BCUT2D eigenvalue weighted by molar-refractivity contribution is 0.630. The Bertz CT molecular complexity index is 636. The number of aromatic amines is 1. The molecule has 5 heteroatoms. The molecule has 0 fully saturated rings. The third-order valence-corrected chi connectivity index (χ3v) is 2.85. The summed E-state index contributed by atoms with van der Waals surface area (Å²) in [4.78, 5) is 18.0. The Labute approximate surface area is 96.5 Å². The second-order valence-electron chi connectivity index (χ2n) is 3.93. The summed E-state index contributed by atoms with van der Waals surface area (Å²) in [6.07, 6.45) is 0. The van der Waals surface area contributed by atoms with Crippen molar-refractivity contribution in [2.45, 2.75) is 13.1 Å². The van der Waals surface area contributed by atoms with Crippen LogP contribution >= 0.6 is 0 Å². The topological polar surface area (TPSA) is 57.8 Å². The largest absolute Gasteiger partial charge is 0.345 e. The van der Waals surface area contributed by atoms with E-state index in [1.807, 2.05) is 0 Å².